The van der Waals surface area contributed by atoms with E-state index < -0.39 is 0 Å². The van der Waals surface area contributed by atoms with Crippen molar-refractivity contribution >= 4 is 17.4 Å². The van der Waals surface area contributed by atoms with Crippen molar-refractivity contribution in [1.29, 1.82) is 0 Å². The van der Waals surface area contributed by atoms with Crippen LogP contribution in [0, 0.1) is 6.92 Å². The van der Waals surface area contributed by atoms with Crippen LogP contribution in [-0.4, -0.2) is 22.8 Å². The van der Waals surface area contributed by atoms with E-state index in [1.165, 1.54) is 0 Å². The summed E-state index contributed by atoms with van der Waals surface area (Å²) in [5.41, 5.74) is 1.96. The van der Waals surface area contributed by atoms with E-state index in [0.717, 1.165) is 5.56 Å². The minimum atomic E-state index is -0.258. The van der Waals surface area contributed by atoms with Gasteiger partial charge in [0.25, 0.3) is 5.91 Å². The second-order valence-electron chi connectivity index (χ2n) is 5.75. The van der Waals surface area contributed by atoms with Gasteiger partial charge in [0.1, 0.15) is 11.5 Å². The molecule has 1 aliphatic rings. The fraction of sp³-hybridized carbons (Fsp3) is 0.167. The number of anilines is 2. The molecule has 3 aromatic rings. The summed E-state index contributed by atoms with van der Waals surface area (Å²) in [4.78, 5) is 16.4. The summed E-state index contributed by atoms with van der Waals surface area (Å²) in [7, 11) is 0. The number of hydrogen-bond acceptors (Lipinski definition) is 7. The Balaban J connectivity index is 1.35. The summed E-state index contributed by atoms with van der Waals surface area (Å²) in [5.74, 6) is 2.44. The molecule has 0 aliphatic carbocycles. The van der Waals surface area contributed by atoms with Crippen molar-refractivity contribution in [2.45, 2.75) is 13.5 Å². The summed E-state index contributed by atoms with van der Waals surface area (Å²) in [6, 6.07) is 10.7. The third-order valence-electron chi connectivity index (χ3n) is 3.79. The van der Waals surface area contributed by atoms with Crippen molar-refractivity contribution < 1.29 is 18.8 Å². The number of pyridine rings is 1. The van der Waals surface area contributed by atoms with Crippen molar-refractivity contribution in [3.05, 3.63) is 59.6 Å². The fourth-order valence-corrected chi connectivity index (χ4v) is 2.50. The predicted octanol–water partition coefficient (Wildman–Crippen LogP) is 2.78. The lowest BCUT2D eigenvalue weighted by Gasteiger charge is -2.07. The molecule has 132 valence electrons. The highest BCUT2D eigenvalue weighted by atomic mass is 16.7. The van der Waals surface area contributed by atoms with Gasteiger partial charge in [0.15, 0.2) is 17.3 Å². The largest absolute Gasteiger partial charge is 0.454 e. The van der Waals surface area contributed by atoms with E-state index in [1.54, 1.807) is 24.4 Å². The Morgan fingerprint density at radius 3 is 2.81 bits per heavy atom. The average Bonchev–Trinajstić information content (AvgIpc) is 3.28. The number of aryl methyl sites for hydroxylation is 1. The standard InChI is InChI=1S/C18H16N4O4/c1-11-6-17(22-26-11)21-13-3-4-14(19-9-13)18(23)20-8-12-2-5-15-16(7-12)25-10-24-15/h2-7,9H,8,10H2,1H3,(H,20,23)(H,21,22). The molecule has 0 bridgehead atoms. The molecule has 2 aromatic heterocycles. The number of nitrogens with zero attached hydrogens (tertiary/aromatic N) is 2. The van der Waals surface area contributed by atoms with Crippen LogP contribution in [0.5, 0.6) is 11.5 Å². The highest BCUT2D eigenvalue weighted by molar-refractivity contribution is 5.92. The van der Waals surface area contributed by atoms with Crippen LogP contribution in [0.1, 0.15) is 21.8 Å². The van der Waals surface area contributed by atoms with Crippen LogP contribution in [-0.2, 0) is 6.54 Å². The lowest BCUT2D eigenvalue weighted by atomic mass is 10.2. The molecule has 0 saturated carbocycles. The Kier molecular flexibility index (Phi) is 4.14. The number of hydrogen-bond donors (Lipinski definition) is 2. The van der Waals surface area contributed by atoms with Crippen LogP contribution < -0.4 is 20.1 Å². The van der Waals surface area contributed by atoms with Gasteiger partial charge in [-0.1, -0.05) is 11.2 Å². The maximum atomic E-state index is 12.2. The minimum absolute atomic E-state index is 0.226. The smallest absolute Gasteiger partial charge is 0.270 e. The number of benzene rings is 1. The number of carbonyl (C=O) groups excluding carboxylic acids is 1. The summed E-state index contributed by atoms with van der Waals surface area (Å²) in [6.07, 6.45) is 1.57. The molecule has 4 rings (SSSR count). The molecule has 0 radical (unpaired) electrons. The Bertz CT molecular complexity index is 937. The third-order valence-corrected chi connectivity index (χ3v) is 3.79. The van der Waals surface area contributed by atoms with Gasteiger partial charge in [-0.05, 0) is 36.8 Å². The van der Waals surface area contributed by atoms with Crippen LogP contribution in [0.15, 0.2) is 47.1 Å². The first-order valence-corrected chi connectivity index (χ1v) is 8.00. The minimum Gasteiger partial charge on any atom is -0.454 e. The maximum absolute atomic E-state index is 12.2. The molecule has 0 saturated heterocycles. The SMILES string of the molecule is Cc1cc(Nc2ccc(C(=O)NCc3ccc4c(c3)OCO4)nc2)no1. The average molecular weight is 352 g/mol. The summed E-state index contributed by atoms with van der Waals surface area (Å²) < 4.78 is 15.6. The molecule has 8 nitrogen and oxygen atoms in total. The molecule has 1 aromatic carbocycles. The normalized spacial score (nSPS) is 12.0. The monoisotopic (exact) mass is 352 g/mol. The highest BCUT2D eigenvalue weighted by Gasteiger charge is 2.14. The zero-order valence-electron chi connectivity index (χ0n) is 14.0. The molecule has 8 heteroatoms. The van der Waals surface area contributed by atoms with Gasteiger partial charge < -0.3 is 24.6 Å². The van der Waals surface area contributed by atoms with Gasteiger partial charge in [-0.25, -0.2) is 4.98 Å². The van der Waals surface area contributed by atoms with E-state index in [4.69, 9.17) is 14.0 Å². The van der Waals surface area contributed by atoms with Crippen molar-refractivity contribution in [3.63, 3.8) is 0 Å². The molecule has 0 fully saturated rings. The van der Waals surface area contributed by atoms with Crippen molar-refractivity contribution in [3.8, 4) is 11.5 Å². The Morgan fingerprint density at radius 2 is 2.04 bits per heavy atom. The highest BCUT2D eigenvalue weighted by Crippen LogP contribution is 2.32. The number of fused-ring (bicyclic) bond motifs is 1. The quantitative estimate of drug-likeness (QED) is 0.728. The van der Waals surface area contributed by atoms with Gasteiger partial charge in [0.05, 0.1) is 11.9 Å². The number of aromatic nitrogens is 2. The molecule has 0 unspecified atom stereocenters. The van der Waals surface area contributed by atoms with E-state index >= 15 is 0 Å². The molecule has 3 heterocycles. The van der Waals surface area contributed by atoms with Gasteiger partial charge in [-0.15, -0.1) is 0 Å². The van der Waals surface area contributed by atoms with Crippen LogP contribution in [0.3, 0.4) is 0 Å². The molecule has 1 amide bonds. The van der Waals surface area contributed by atoms with E-state index in [1.807, 2.05) is 25.1 Å². The summed E-state index contributed by atoms with van der Waals surface area (Å²) in [5, 5.41) is 9.73. The first kappa shape index (κ1) is 15.9. The molecule has 0 spiro atoms. The van der Waals surface area contributed by atoms with Crippen LogP contribution in [0.4, 0.5) is 11.5 Å². The topological polar surface area (TPSA) is 98.5 Å². The van der Waals surface area contributed by atoms with Crippen molar-refractivity contribution in [2.75, 3.05) is 12.1 Å². The first-order chi connectivity index (χ1) is 12.7. The van der Waals surface area contributed by atoms with Crippen LogP contribution >= 0.6 is 0 Å². The number of rotatable bonds is 5. The van der Waals surface area contributed by atoms with Crippen LogP contribution in [0.2, 0.25) is 0 Å². The zero-order valence-corrected chi connectivity index (χ0v) is 14.0. The summed E-state index contributed by atoms with van der Waals surface area (Å²) >= 11 is 0. The van der Waals surface area contributed by atoms with Gasteiger partial charge >= 0.3 is 0 Å². The number of nitrogens with one attached hydrogen (secondary N) is 2. The molecule has 26 heavy (non-hydrogen) atoms. The van der Waals surface area contributed by atoms with E-state index in [-0.39, 0.29) is 12.7 Å². The van der Waals surface area contributed by atoms with Gasteiger partial charge in [-0.3, -0.25) is 4.79 Å². The Labute approximate surface area is 149 Å². The second-order valence-corrected chi connectivity index (χ2v) is 5.75. The maximum Gasteiger partial charge on any atom is 0.270 e. The second kappa shape index (κ2) is 6.75. The third kappa shape index (κ3) is 3.44. The van der Waals surface area contributed by atoms with E-state index in [2.05, 4.69) is 20.8 Å². The van der Waals surface area contributed by atoms with Crippen molar-refractivity contribution in [1.82, 2.24) is 15.5 Å². The molecule has 0 atom stereocenters. The lowest BCUT2D eigenvalue weighted by molar-refractivity contribution is 0.0946. The number of amides is 1. The van der Waals surface area contributed by atoms with Crippen LogP contribution in [0.25, 0.3) is 0 Å². The van der Waals surface area contributed by atoms with E-state index in [0.29, 0.717) is 41.0 Å². The number of ether oxygens (including phenoxy) is 2. The lowest BCUT2D eigenvalue weighted by Crippen LogP contribution is -2.23. The number of carbonyl (C=O) groups is 1. The molecular formula is C18H16N4O4. The Hall–Kier alpha value is -3.55. The summed E-state index contributed by atoms with van der Waals surface area (Å²) in [6.45, 7) is 2.41. The molecule has 2 N–H and O–H groups in total. The predicted molar refractivity (Wildman–Crippen MR) is 92.5 cm³/mol. The molecular weight excluding hydrogens is 336 g/mol. The Morgan fingerprint density at radius 1 is 1.15 bits per heavy atom. The fourth-order valence-electron chi connectivity index (χ4n) is 2.50. The van der Waals surface area contributed by atoms with E-state index in [9.17, 15) is 4.79 Å². The van der Waals surface area contributed by atoms with Crippen molar-refractivity contribution in [2.24, 2.45) is 0 Å². The van der Waals surface area contributed by atoms with Gasteiger partial charge in [0, 0.05) is 12.6 Å². The first-order valence-electron chi connectivity index (χ1n) is 8.00. The van der Waals surface area contributed by atoms with Gasteiger partial charge in [0.2, 0.25) is 6.79 Å². The molecule has 1 aliphatic heterocycles. The zero-order chi connectivity index (χ0) is 17.9. The van der Waals surface area contributed by atoms with Gasteiger partial charge in [-0.2, -0.15) is 0 Å².